The van der Waals surface area contributed by atoms with Crippen molar-refractivity contribution in [2.45, 2.75) is 19.3 Å². The molecule has 8 heteroatoms. The first-order chi connectivity index (χ1) is 9.47. The second-order valence-corrected chi connectivity index (χ2v) is 4.85. The zero-order valence-corrected chi connectivity index (χ0v) is 10.6. The molecule has 1 aliphatic rings. The van der Waals surface area contributed by atoms with E-state index in [4.69, 9.17) is 5.11 Å². The fourth-order valence-corrected chi connectivity index (χ4v) is 2.52. The van der Waals surface area contributed by atoms with Crippen LogP contribution in [0, 0.1) is 11.8 Å². The first kappa shape index (κ1) is 14.0. The minimum atomic E-state index is -0.855. The Morgan fingerprint density at radius 3 is 2.70 bits per heavy atom. The highest BCUT2D eigenvalue weighted by atomic mass is 16.4. The van der Waals surface area contributed by atoms with Crippen LogP contribution in [-0.2, 0) is 4.79 Å². The molecule has 0 aliphatic heterocycles. The lowest BCUT2D eigenvalue weighted by atomic mass is 9.96. The van der Waals surface area contributed by atoms with Gasteiger partial charge in [-0.2, -0.15) is 0 Å². The van der Waals surface area contributed by atoms with Gasteiger partial charge in [0.05, 0.1) is 5.92 Å². The van der Waals surface area contributed by atoms with Crippen LogP contribution in [0.2, 0.25) is 0 Å². The molecule has 1 fully saturated rings. The number of aromatic amines is 2. The maximum absolute atomic E-state index is 11.8. The van der Waals surface area contributed by atoms with E-state index in [1.165, 1.54) is 0 Å². The number of carbonyl (C=O) groups excluding carboxylic acids is 1. The molecule has 0 saturated heterocycles. The zero-order chi connectivity index (χ0) is 14.7. The molecule has 1 aromatic rings. The van der Waals surface area contributed by atoms with Gasteiger partial charge >= 0.3 is 11.7 Å². The van der Waals surface area contributed by atoms with Crippen LogP contribution in [0.4, 0.5) is 0 Å². The molecular formula is C12H15N3O5. The molecule has 1 aliphatic carbocycles. The molecular weight excluding hydrogens is 266 g/mol. The minimum absolute atomic E-state index is 0.120. The summed E-state index contributed by atoms with van der Waals surface area (Å²) in [5, 5.41) is 11.6. The molecule has 0 spiro atoms. The molecule has 4 N–H and O–H groups in total. The van der Waals surface area contributed by atoms with Crippen molar-refractivity contribution in [2.24, 2.45) is 11.8 Å². The Balaban J connectivity index is 2.00. The number of amides is 1. The fourth-order valence-electron chi connectivity index (χ4n) is 2.52. The topological polar surface area (TPSA) is 132 Å². The first-order valence-corrected chi connectivity index (χ1v) is 6.32. The van der Waals surface area contributed by atoms with E-state index in [1.807, 2.05) is 4.98 Å². The third kappa shape index (κ3) is 3.14. The molecule has 8 nitrogen and oxygen atoms in total. The minimum Gasteiger partial charge on any atom is -0.481 e. The number of H-pyrrole nitrogens is 2. The summed E-state index contributed by atoms with van der Waals surface area (Å²) >= 11 is 0. The number of carboxylic acid groups (broad SMARTS) is 1. The average Bonchev–Trinajstić information content (AvgIpc) is 2.83. The van der Waals surface area contributed by atoms with E-state index in [0.717, 1.165) is 18.9 Å². The van der Waals surface area contributed by atoms with E-state index in [1.54, 1.807) is 0 Å². The SMILES string of the molecule is O=C(NCC1CCCC1C(=O)O)c1cc(=O)[nH]c(=O)[nH]1. The number of aromatic nitrogens is 2. The Labute approximate surface area is 113 Å². The molecule has 0 aromatic carbocycles. The van der Waals surface area contributed by atoms with Crippen molar-refractivity contribution in [3.63, 3.8) is 0 Å². The average molecular weight is 281 g/mol. The highest BCUT2D eigenvalue weighted by Crippen LogP contribution is 2.31. The van der Waals surface area contributed by atoms with Crippen LogP contribution in [-0.4, -0.2) is 33.5 Å². The number of hydrogen-bond acceptors (Lipinski definition) is 4. The largest absolute Gasteiger partial charge is 0.481 e. The second-order valence-electron chi connectivity index (χ2n) is 4.85. The number of hydrogen-bond donors (Lipinski definition) is 4. The van der Waals surface area contributed by atoms with E-state index >= 15 is 0 Å². The Hall–Kier alpha value is -2.38. The van der Waals surface area contributed by atoms with Gasteiger partial charge in [0.15, 0.2) is 0 Å². The van der Waals surface area contributed by atoms with Crippen LogP contribution in [0.1, 0.15) is 29.8 Å². The van der Waals surface area contributed by atoms with Gasteiger partial charge in [0.2, 0.25) is 0 Å². The normalized spacial score (nSPS) is 21.6. The van der Waals surface area contributed by atoms with Crippen molar-refractivity contribution in [3.05, 3.63) is 32.6 Å². The van der Waals surface area contributed by atoms with Crippen molar-refractivity contribution in [1.82, 2.24) is 15.3 Å². The molecule has 20 heavy (non-hydrogen) atoms. The van der Waals surface area contributed by atoms with Gasteiger partial charge in [-0.1, -0.05) is 6.42 Å². The van der Waals surface area contributed by atoms with E-state index in [-0.39, 0.29) is 18.2 Å². The Morgan fingerprint density at radius 2 is 2.05 bits per heavy atom. The van der Waals surface area contributed by atoms with Crippen molar-refractivity contribution in [1.29, 1.82) is 0 Å². The maximum Gasteiger partial charge on any atom is 0.326 e. The van der Waals surface area contributed by atoms with Gasteiger partial charge in [-0.25, -0.2) is 4.79 Å². The van der Waals surface area contributed by atoms with E-state index in [9.17, 15) is 19.2 Å². The molecule has 108 valence electrons. The van der Waals surface area contributed by atoms with Crippen molar-refractivity contribution >= 4 is 11.9 Å². The standard InChI is InChI=1S/C12H15N3O5/c16-9-4-8(14-12(20)15-9)10(17)13-5-6-2-1-3-7(6)11(18)19/h4,6-7H,1-3,5H2,(H,13,17)(H,18,19)(H2,14,15,16,20). The predicted octanol–water partition coefficient (Wildman–Crippen LogP) is -0.706. The molecule has 2 rings (SSSR count). The molecule has 0 bridgehead atoms. The van der Waals surface area contributed by atoms with Gasteiger partial charge in [-0.3, -0.25) is 19.4 Å². The van der Waals surface area contributed by atoms with Gasteiger partial charge in [-0.05, 0) is 18.8 Å². The summed E-state index contributed by atoms with van der Waals surface area (Å²) in [4.78, 5) is 49.1. The summed E-state index contributed by atoms with van der Waals surface area (Å²) in [5.41, 5.74) is -1.56. The Bertz CT molecular complexity index is 604. The summed E-state index contributed by atoms with van der Waals surface area (Å²) < 4.78 is 0. The van der Waals surface area contributed by atoms with Crippen LogP contribution in [0.3, 0.4) is 0 Å². The Kier molecular flexibility index (Phi) is 4.02. The molecule has 0 radical (unpaired) electrons. The van der Waals surface area contributed by atoms with Gasteiger partial charge < -0.3 is 15.4 Å². The lowest BCUT2D eigenvalue weighted by molar-refractivity contribution is -0.142. The first-order valence-electron chi connectivity index (χ1n) is 6.32. The van der Waals surface area contributed by atoms with Crippen LogP contribution < -0.4 is 16.6 Å². The summed E-state index contributed by atoms with van der Waals surface area (Å²) in [5.74, 6) is -2.02. The molecule has 1 aromatic heterocycles. The third-order valence-electron chi connectivity index (χ3n) is 3.51. The molecule has 1 heterocycles. The third-order valence-corrected chi connectivity index (χ3v) is 3.51. The van der Waals surface area contributed by atoms with Gasteiger partial charge in [0.25, 0.3) is 11.5 Å². The predicted molar refractivity (Wildman–Crippen MR) is 68.5 cm³/mol. The maximum atomic E-state index is 11.8. The van der Waals surface area contributed by atoms with Crippen LogP contribution in [0.15, 0.2) is 15.7 Å². The number of carbonyl (C=O) groups is 2. The van der Waals surface area contributed by atoms with Gasteiger partial charge in [0.1, 0.15) is 5.69 Å². The number of aliphatic carboxylic acids is 1. The lowest BCUT2D eigenvalue weighted by Gasteiger charge is -2.16. The van der Waals surface area contributed by atoms with Crippen molar-refractivity contribution in [2.75, 3.05) is 6.54 Å². The number of rotatable bonds is 4. The quantitative estimate of drug-likeness (QED) is 0.579. The summed E-state index contributed by atoms with van der Waals surface area (Å²) in [6.07, 6.45) is 2.17. The van der Waals surface area contributed by atoms with Crippen LogP contribution in [0.25, 0.3) is 0 Å². The monoisotopic (exact) mass is 281 g/mol. The fraction of sp³-hybridized carbons (Fsp3) is 0.500. The highest BCUT2D eigenvalue weighted by molar-refractivity contribution is 5.92. The zero-order valence-electron chi connectivity index (χ0n) is 10.6. The highest BCUT2D eigenvalue weighted by Gasteiger charge is 2.32. The molecule has 2 unspecified atom stereocenters. The van der Waals surface area contributed by atoms with Crippen molar-refractivity contribution in [3.8, 4) is 0 Å². The summed E-state index contributed by atoms with van der Waals surface area (Å²) in [6.45, 7) is 0.213. The van der Waals surface area contributed by atoms with Gasteiger partial charge in [0, 0.05) is 12.6 Å². The Morgan fingerprint density at radius 1 is 1.30 bits per heavy atom. The smallest absolute Gasteiger partial charge is 0.326 e. The van der Waals surface area contributed by atoms with Crippen LogP contribution >= 0.6 is 0 Å². The molecule has 1 amide bonds. The number of carboxylic acids is 1. The lowest BCUT2D eigenvalue weighted by Crippen LogP contribution is -2.35. The van der Waals surface area contributed by atoms with Crippen molar-refractivity contribution < 1.29 is 14.7 Å². The summed E-state index contributed by atoms with van der Waals surface area (Å²) in [7, 11) is 0. The molecule has 2 atom stereocenters. The second kappa shape index (κ2) is 5.72. The van der Waals surface area contributed by atoms with Crippen LogP contribution in [0.5, 0.6) is 0 Å². The van der Waals surface area contributed by atoms with E-state index in [0.29, 0.717) is 6.42 Å². The van der Waals surface area contributed by atoms with E-state index in [2.05, 4.69) is 10.3 Å². The van der Waals surface area contributed by atoms with E-state index < -0.39 is 29.0 Å². The summed E-state index contributed by atoms with van der Waals surface area (Å²) in [6, 6.07) is 0.986. The number of nitrogens with one attached hydrogen (secondary N) is 3. The van der Waals surface area contributed by atoms with Gasteiger partial charge in [-0.15, -0.1) is 0 Å². The molecule has 1 saturated carbocycles.